The van der Waals surface area contributed by atoms with Crippen LogP contribution in [0.1, 0.15) is 43.9 Å². The Bertz CT molecular complexity index is 1220. The molecule has 1 unspecified atom stereocenters. The second-order valence-corrected chi connectivity index (χ2v) is 9.75. The van der Waals surface area contributed by atoms with Gasteiger partial charge in [-0.3, -0.25) is 9.36 Å². The van der Waals surface area contributed by atoms with Crippen LogP contribution in [0.3, 0.4) is 0 Å². The van der Waals surface area contributed by atoms with Crippen molar-refractivity contribution in [1.82, 2.24) is 14.5 Å². The molecule has 166 valence electrons. The topological polar surface area (TPSA) is 67.6 Å². The van der Waals surface area contributed by atoms with Crippen LogP contribution < -0.4 is 10.3 Å². The molecule has 6 nitrogen and oxygen atoms in total. The first-order chi connectivity index (χ1) is 15.5. The number of fused-ring (bicyclic) bond motifs is 3. The SMILES string of the molecule is CCC(O)C#Cc1cc2ncn(-c3ccc(O[C@H]4C[C@H]5CC[C@@H](C4)N5C)cc3)c(=O)c2s1. The largest absolute Gasteiger partial charge is 0.490 e. The molecule has 2 aliphatic rings. The number of aliphatic hydroxyl groups excluding tert-OH is 1. The predicted octanol–water partition coefficient (Wildman–Crippen LogP) is 3.57. The third-order valence-electron chi connectivity index (χ3n) is 6.66. The van der Waals surface area contributed by atoms with Crippen molar-refractivity contribution < 1.29 is 9.84 Å². The van der Waals surface area contributed by atoms with Crippen LogP contribution in [0.4, 0.5) is 0 Å². The van der Waals surface area contributed by atoms with Crippen LogP contribution in [0.2, 0.25) is 0 Å². The molecule has 0 saturated carbocycles. The van der Waals surface area contributed by atoms with Crippen molar-refractivity contribution in [2.75, 3.05) is 7.05 Å². The highest BCUT2D eigenvalue weighted by atomic mass is 32.1. The minimum atomic E-state index is -0.657. The highest BCUT2D eigenvalue weighted by Gasteiger charge is 2.39. The van der Waals surface area contributed by atoms with E-state index in [1.807, 2.05) is 31.2 Å². The number of aromatic nitrogens is 2. The van der Waals surface area contributed by atoms with E-state index in [-0.39, 0.29) is 11.7 Å². The highest BCUT2D eigenvalue weighted by molar-refractivity contribution is 7.19. The van der Waals surface area contributed by atoms with E-state index < -0.39 is 6.10 Å². The van der Waals surface area contributed by atoms with E-state index in [1.54, 1.807) is 17.0 Å². The molecule has 1 aromatic carbocycles. The van der Waals surface area contributed by atoms with Crippen LogP contribution in [0.15, 0.2) is 41.5 Å². The predicted molar refractivity (Wildman–Crippen MR) is 127 cm³/mol. The lowest BCUT2D eigenvalue weighted by Crippen LogP contribution is -2.43. The zero-order valence-electron chi connectivity index (χ0n) is 18.3. The molecule has 32 heavy (non-hydrogen) atoms. The molecule has 7 heteroatoms. The number of piperidine rings is 1. The first-order valence-corrected chi connectivity index (χ1v) is 12.0. The summed E-state index contributed by atoms with van der Waals surface area (Å²) in [4.78, 5) is 20.7. The van der Waals surface area contributed by atoms with E-state index in [9.17, 15) is 9.90 Å². The number of nitrogens with zero attached hydrogens (tertiary/aromatic N) is 3. The monoisotopic (exact) mass is 449 g/mol. The summed E-state index contributed by atoms with van der Waals surface area (Å²) in [6.07, 6.45) is 6.42. The fourth-order valence-corrected chi connectivity index (χ4v) is 5.65. The maximum atomic E-state index is 13.0. The molecule has 2 aliphatic heterocycles. The smallest absolute Gasteiger partial charge is 0.275 e. The average molecular weight is 450 g/mol. The third-order valence-corrected chi connectivity index (χ3v) is 7.69. The average Bonchev–Trinajstić information content (AvgIpc) is 3.30. The summed E-state index contributed by atoms with van der Waals surface area (Å²) in [5, 5.41) is 9.65. The molecule has 0 radical (unpaired) electrons. The molecule has 4 atom stereocenters. The third kappa shape index (κ3) is 4.06. The lowest BCUT2D eigenvalue weighted by Gasteiger charge is -2.36. The highest BCUT2D eigenvalue weighted by Crippen LogP contribution is 2.36. The number of ether oxygens (including phenoxy) is 1. The van der Waals surface area contributed by atoms with Crippen LogP contribution in [0, 0.1) is 11.8 Å². The lowest BCUT2D eigenvalue weighted by atomic mass is 10.0. The molecule has 2 fully saturated rings. The van der Waals surface area contributed by atoms with Crippen molar-refractivity contribution in [1.29, 1.82) is 0 Å². The summed E-state index contributed by atoms with van der Waals surface area (Å²) >= 11 is 1.31. The quantitative estimate of drug-likeness (QED) is 0.617. The number of thiophene rings is 1. The Morgan fingerprint density at radius 3 is 2.66 bits per heavy atom. The van der Waals surface area contributed by atoms with Crippen molar-refractivity contribution in [3.8, 4) is 23.3 Å². The summed E-state index contributed by atoms with van der Waals surface area (Å²) in [6.45, 7) is 1.87. The van der Waals surface area contributed by atoms with Gasteiger partial charge in [-0.15, -0.1) is 11.3 Å². The van der Waals surface area contributed by atoms with E-state index in [1.165, 1.54) is 24.2 Å². The summed E-state index contributed by atoms with van der Waals surface area (Å²) in [6, 6.07) is 10.7. The number of hydrogen-bond acceptors (Lipinski definition) is 6. The second kappa shape index (κ2) is 8.70. The zero-order chi connectivity index (χ0) is 22.2. The zero-order valence-corrected chi connectivity index (χ0v) is 19.1. The molecule has 2 saturated heterocycles. The summed E-state index contributed by atoms with van der Waals surface area (Å²) in [5.41, 5.74) is 1.26. The molecule has 1 N–H and O–H groups in total. The van der Waals surface area contributed by atoms with Crippen LogP contribution >= 0.6 is 11.3 Å². The van der Waals surface area contributed by atoms with E-state index >= 15 is 0 Å². The second-order valence-electron chi connectivity index (χ2n) is 8.69. The van der Waals surface area contributed by atoms with E-state index in [0.717, 1.165) is 29.2 Å². The molecule has 0 aliphatic carbocycles. The van der Waals surface area contributed by atoms with Gasteiger partial charge in [-0.1, -0.05) is 18.8 Å². The Labute approximate surface area is 191 Å². The van der Waals surface area contributed by atoms with Gasteiger partial charge in [-0.05, 0) is 69.5 Å². The van der Waals surface area contributed by atoms with Crippen molar-refractivity contribution in [3.63, 3.8) is 0 Å². The van der Waals surface area contributed by atoms with Gasteiger partial charge in [0.25, 0.3) is 5.56 Å². The van der Waals surface area contributed by atoms with Gasteiger partial charge >= 0.3 is 0 Å². The molecule has 0 spiro atoms. The van der Waals surface area contributed by atoms with Crippen molar-refractivity contribution in [2.45, 2.75) is 63.3 Å². The van der Waals surface area contributed by atoms with Crippen LogP contribution in [0.5, 0.6) is 5.75 Å². The van der Waals surface area contributed by atoms with Crippen molar-refractivity contribution >= 4 is 21.6 Å². The normalized spacial score (nSPS) is 23.7. The number of hydrogen-bond donors (Lipinski definition) is 1. The van der Waals surface area contributed by atoms with Crippen LogP contribution in [0.25, 0.3) is 15.9 Å². The molecule has 2 bridgehead atoms. The Hall–Kier alpha value is -2.66. The molecule has 5 rings (SSSR count). The minimum Gasteiger partial charge on any atom is -0.490 e. The van der Waals surface area contributed by atoms with Crippen LogP contribution in [-0.4, -0.2) is 50.9 Å². The summed E-state index contributed by atoms with van der Waals surface area (Å²) in [7, 11) is 2.23. The molecular weight excluding hydrogens is 422 g/mol. The van der Waals surface area contributed by atoms with Crippen molar-refractivity contribution in [2.24, 2.45) is 0 Å². The number of rotatable bonds is 4. The van der Waals surface area contributed by atoms with Gasteiger partial charge in [0, 0.05) is 12.1 Å². The standard InChI is InChI=1S/C25H27N3O3S/c1-3-19(29)8-11-22-14-23-24(32-22)25(30)28(15-26-23)16-6-9-20(10-7-16)31-21-12-17-4-5-18(13-21)27(17)2/h6-7,9-10,14-15,17-19,21,29H,3-5,12-13H2,1-2H3/t17-,18+,19?,21+. The van der Waals surface area contributed by atoms with Gasteiger partial charge < -0.3 is 14.7 Å². The van der Waals surface area contributed by atoms with Gasteiger partial charge in [-0.25, -0.2) is 4.98 Å². The minimum absolute atomic E-state index is 0.121. The first-order valence-electron chi connectivity index (χ1n) is 11.2. The molecule has 4 heterocycles. The molecular formula is C25H27N3O3S. The Morgan fingerprint density at radius 1 is 1.25 bits per heavy atom. The first kappa shape index (κ1) is 21.2. The van der Waals surface area contributed by atoms with Gasteiger partial charge in [0.2, 0.25) is 0 Å². The molecule has 3 aromatic rings. The van der Waals surface area contributed by atoms with Gasteiger partial charge in [0.05, 0.1) is 16.1 Å². The maximum Gasteiger partial charge on any atom is 0.275 e. The Kier molecular flexibility index (Phi) is 5.76. The maximum absolute atomic E-state index is 13.0. The van der Waals surface area contributed by atoms with E-state index in [0.29, 0.717) is 28.7 Å². The van der Waals surface area contributed by atoms with Crippen molar-refractivity contribution in [3.05, 3.63) is 51.9 Å². The summed E-state index contributed by atoms with van der Waals surface area (Å²) in [5.74, 6) is 6.57. The number of benzene rings is 1. The van der Waals surface area contributed by atoms with Gasteiger partial charge in [0.1, 0.15) is 29.0 Å². The molecule has 0 amide bonds. The van der Waals surface area contributed by atoms with E-state index in [2.05, 4.69) is 28.8 Å². The Balaban J connectivity index is 1.34. The fourth-order valence-electron chi connectivity index (χ4n) is 4.75. The fraction of sp³-hybridized carbons (Fsp3) is 0.440. The summed E-state index contributed by atoms with van der Waals surface area (Å²) < 4.78 is 8.38. The Morgan fingerprint density at radius 2 is 1.97 bits per heavy atom. The van der Waals surface area contributed by atoms with Gasteiger partial charge in [-0.2, -0.15) is 0 Å². The van der Waals surface area contributed by atoms with E-state index in [4.69, 9.17) is 4.74 Å². The lowest BCUT2D eigenvalue weighted by molar-refractivity contribution is 0.0662. The number of aliphatic hydroxyl groups is 1. The molecule has 2 aromatic heterocycles. The van der Waals surface area contributed by atoms with Crippen LogP contribution in [-0.2, 0) is 0 Å². The van der Waals surface area contributed by atoms with Gasteiger partial charge in [0.15, 0.2) is 0 Å².